The maximum Gasteiger partial charge on any atom is 0.237 e. The van der Waals surface area contributed by atoms with Crippen molar-refractivity contribution in [3.63, 3.8) is 0 Å². The molecule has 0 spiro atoms. The minimum atomic E-state index is -0.581. The van der Waals surface area contributed by atoms with Crippen LogP contribution in [0.5, 0.6) is 0 Å². The van der Waals surface area contributed by atoms with Gasteiger partial charge in [-0.05, 0) is 56.3 Å². The summed E-state index contributed by atoms with van der Waals surface area (Å²) in [6.45, 7) is 3.99. The molecule has 3 nitrogen and oxygen atoms in total. The average Bonchev–Trinajstić information content (AvgIpc) is 3.39. The third-order valence-corrected chi connectivity index (χ3v) is 6.38. The molecule has 2 aliphatic heterocycles. The molecule has 2 aromatic carbocycles. The van der Waals surface area contributed by atoms with Crippen LogP contribution in [0.1, 0.15) is 36.8 Å². The van der Waals surface area contributed by atoms with Gasteiger partial charge in [0.2, 0.25) is 5.91 Å². The van der Waals surface area contributed by atoms with Crippen LogP contribution >= 0.6 is 0 Å². The van der Waals surface area contributed by atoms with Gasteiger partial charge in [-0.3, -0.25) is 4.79 Å². The quantitative estimate of drug-likeness (QED) is 0.804. The summed E-state index contributed by atoms with van der Waals surface area (Å²) in [4.78, 5) is 18.6. The lowest BCUT2D eigenvalue weighted by Crippen LogP contribution is -2.48. The van der Waals surface area contributed by atoms with Gasteiger partial charge < -0.3 is 9.80 Å². The summed E-state index contributed by atoms with van der Waals surface area (Å²) in [5.74, 6) is 0.842. The fraction of sp³-hybridized carbons (Fsp3) is 0.458. The fourth-order valence-electron chi connectivity index (χ4n) is 5.00. The molecule has 0 N–H and O–H groups in total. The molecule has 2 aliphatic rings. The summed E-state index contributed by atoms with van der Waals surface area (Å²) in [5, 5.41) is 0. The Balaban J connectivity index is 1.83. The van der Waals surface area contributed by atoms with Gasteiger partial charge in [0.15, 0.2) is 0 Å². The molecule has 3 heteroatoms. The van der Waals surface area contributed by atoms with E-state index in [0.717, 1.165) is 56.6 Å². The first kappa shape index (κ1) is 18.2. The highest BCUT2D eigenvalue weighted by atomic mass is 16.2. The molecule has 0 bridgehead atoms. The Labute approximate surface area is 163 Å². The van der Waals surface area contributed by atoms with Crippen molar-refractivity contribution >= 4 is 5.91 Å². The summed E-state index contributed by atoms with van der Waals surface area (Å²) in [7, 11) is 2.19. The lowest BCUT2D eigenvalue weighted by atomic mass is 9.67. The first-order valence-corrected chi connectivity index (χ1v) is 10.3. The first-order chi connectivity index (χ1) is 13.2. The summed E-state index contributed by atoms with van der Waals surface area (Å²) < 4.78 is 0. The monoisotopic (exact) mass is 362 g/mol. The molecular formula is C24H30N2O. The van der Waals surface area contributed by atoms with Gasteiger partial charge in [-0.2, -0.15) is 0 Å². The SMILES string of the molecule is CN1CC[C@@H](CC(C(=O)N2CCCC2)(c2ccccc2)c2ccccc2)C1. The van der Waals surface area contributed by atoms with Crippen molar-refractivity contribution in [1.82, 2.24) is 9.80 Å². The van der Waals surface area contributed by atoms with Gasteiger partial charge in [0.1, 0.15) is 0 Å². The van der Waals surface area contributed by atoms with E-state index < -0.39 is 5.41 Å². The maximum atomic E-state index is 14.0. The second kappa shape index (κ2) is 7.85. The van der Waals surface area contributed by atoms with Gasteiger partial charge in [0.25, 0.3) is 0 Å². The summed E-state index contributed by atoms with van der Waals surface area (Å²) in [6.07, 6.45) is 4.31. The Morgan fingerprint density at radius 2 is 1.48 bits per heavy atom. The first-order valence-electron chi connectivity index (χ1n) is 10.3. The predicted molar refractivity (Wildman–Crippen MR) is 110 cm³/mol. The van der Waals surface area contributed by atoms with Crippen molar-refractivity contribution in [3.8, 4) is 0 Å². The highest BCUT2D eigenvalue weighted by Crippen LogP contribution is 2.42. The van der Waals surface area contributed by atoms with Gasteiger partial charge >= 0.3 is 0 Å². The van der Waals surface area contributed by atoms with Gasteiger partial charge in [0.05, 0.1) is 5.41 Å². The molecule has 1 amide bonds. The lowest BCUT2D eigenvalue weighted by Gasteiger charge is -2.39. The molecule has 4 rings (SSSR count). The second-order valence-electron chi connectivity index (χ2n) is 8.26. The third kappa shape index (κ3) is 3.53. The van der Waals surface area contributed by atoms with Crippen LogP contribution in [0.4, 0.5) is 0 Å². The van der Waals surface area contributed by atoms with Gasteiger partial charge in [-0.25, -0.2) is 0 Å². The van der Waals surface area contributed by atoms with Crippen LogP contribution in [0.3, 0.4) is 0 Å². The minimum absolute atomic E-state index is 0.298. The number of amides is 1. The molecule has 0 aromatic heterocycles. The van der Waals surface area contributed by atoms with Crippen molar-refractivity contribution < 1.29 is 4.79 Å². The number of carbonyl (C=O) groups excluding carboxylic acids is 1. The van der Waals surface area contributed by atoms with E-state index in [1.54, 1.807) is 0 Å². The van der Waals surface area contributed by atoms with Crippen molar-refractivity contribution in [2.45, 2.75) is 31.1 Å². The third-order valence-electron chi connectivity index (χ3n) is 6.38. The Bertz CT molecular complexity index is 713. The predicted octanol–water partition coefficient (Wildman–Crippen LogP) is 3.94. The zero-order chi connectivity index (χ0) is 18.7. The van der Waals surface area contributed by atoms with E-state index in [-0.39, 0.29) is 0 Å². The van der Waals surface area contributed by atoms with Gasteiger partial charge in [-0.1, -0.05) is 60.7 Å². The van der Waals surface area contributed by atoms with Crippen molar-refractivity contribution in [1.29, 1.82) is 0 Å². The van der Waals surface area contributed by atoms with Gasteiger partial charge in [0, 0.05) is 19.6 Å². The smallest absolute Gasteiger partial charge is 0.237 e. The number of nitrogens with zero attached hydrogens (tertiary/aromatic N) is 2. The number of rotatable bonds is 5. The lowest BCUT2D eigenvalue weighted by molar-refractivity contribution is -0.135. The van der Waals surface area contributed by atoms with E-state index in [1.807, 2.05) is 12.1 Å². The van der Waals surface area contributed by atoms with E-state index in [1.165, 1.54) is 6.42 Å². The molecule has 2 heterocycles. The summed E-state index contributed by atoms with van der Waals surface area (Å²) >= 11 is 0. The Morgan fingerprint density at radius 3 is 1.96 bits per heavy atom. The number of hydrogen-bond acceptors (Lipinski definition) is 2. The molecule has 0 radical (unpaired) electrons. The van der Waals surface area contributed by atoms with Crippen LogP contribution in [-0.4, -0.2) is 48.9 Å². The molecule has 2 saturated heterocycles. The highest BCUT2D eigenvalue weighted by molar-refractivity contribution is 5.92. The Kier molecular flexibility index (Phi) is 5.31. The zero-order valence-electron chi connectivity index (χ0n) is 16.3. The van der Waals surface area contributed by atoms with Crippen molar-refractivity contribution in [2.24, 2.45) is 5.92 Å². The topological polar surface area (TPSA) is 23.6 Å². The van der Waals surface area contributed by atoms with Crippen molar-refractivity contribution in [3.05, 3.63) is 71.8 Å². The van der Waals surface area contributed by atoms with Gasteiger partial charge in [-0.15, -0.1) is 0 Å². The molecule has 27 heavy (non-hydrogen) atoms. The molecule has 2 fully saturated rings. The molecule has 0 aliphatic carbocycles. The zero-order valence-corrected chi connectivity index (χ0v) is 16.3. The minimum Gasteiger partial charge on any atom is -0.342 e. The largest absolute Gasteiger partial charge is 0.342 e. The molecule has 142 valence electrons. The normalized spacial score (nSPS) is 20.9. The number of likely N-dealkylation sites (tertiary alicyclic amines) is 2. The van der Waals surface area contributed by atoms with E-state index in [4.69, 9.17) is 0 Å². The fourth-order valence-corrected chi connectivity index (χ4v) is 5.00. The summed E-state index contributed by atoms with van der Waals surface area (Å²) in [6, 6.07) is 21.0. The van der Waals surface area contributed by atoms with Crippen LogP contribution in [-0.2, 0) is 10.2 Å². The molecule has 2 aromatic rings. The second-order valence-corrected chi connectivity index (χ2v) is 8.26. The molecule has 0 unspecified atom stereocenters. The van der Waals surface area contributed by atoms with Crippen LogP contribution in [0, 0.1) is 5.92 Å². The number of hydrogen-bond donors (Lipinski definition) is 0. The van der Waals surface area contributed by atoms with Crippen LogP contribution in [0.2, 0.25) is 0 Å². The standard InChI is InChI=1S/C24H30N2O/c1-25-17-14-20(19-25)18-24(21-10-4-2-5-11-21,22-12-6-3-7-13-22)23(27)26-15-8-9-16-26/h2-7,10-13,20H,8-9,14-19H2,1H3/t20-/m0/s1. The molecule has 0 saturated carbocycles. The Morgan fingerprint density at radius 1 is 0.926 bits per heavy atom. The van der Waals surface area contributed by atoms with E-state index in [0.29, 0.717) is 11.8 Å². The maximum absolute atomic E-state index is 14.0. The number of carbonyl (C=O) groups is 1. The molecular weight excluding hydrogens is 332 g/mol. The molecule has 1 atom stereocenters. The van der Waals surface area contributed by atoms with Crippen LogP contribution < -0.4 is 0 Å². The van der Waals surface area contributed by atoms with Crippen LogP contribution in [0.15, 0.2) is 60.7 Å². The number of benzene rings is 2. The van der Waals surface area contributed by atoms with Crippen molar-refractivity contribution in [2.75, 3.05) is 33.2 Å². The van der Waals surface area contributed by atoms with Crippen LogP contribution in [0.25, 0.3) is 0 Å². The Hall–Kier alpha value is -2.13. The summed E-state index contributed by atoms with van der Waals surface area (Å²) in [5.41, 5.74) is 1.70. The van der Waals surface area contributed by atoms with E-state index in [9.17, 15) is 4.79 Å². The average molecular weight is 363 g/mol. The van der Waals surface area contributed by atoms with E-state index in [2.05, 4.69) is 65.4 Å². The van der Waals surface area contributed by atoms with E-state index >= 15 is 0 Å². The highest BCUT2D eigenvalue weighted by Gasteiger charge is 2.46.